The number of nitrogens with one attached hydrogen (secondary N) is 1. The molecule has 1 aliphatic heterocycles. The molecule has 0 atom stereocenters. The van der Waals surface area contributed by atoms with Gasteiger partial charge in [-0.1, -0.05) is 24.3 Å². The lowest BCUT2D eigenvalue weighted by atomic mass is 10.2. The Morgan fingerprint density at radius 2 is 1.93 bits per heavy atom. The highest BCUT2D eigenvalue weighted by atomic mass is 32.2. The Morgan fingerprint density at radius 3 is 2.57 bits per heavy atom. The van der Waals surface area contributed by atoms with Crippen LogP contribution in [0.3, 0.4) is 0 Å². The molecule has 0 aliphatic carbocycles. The smallest absolute Gasteiger partial charge is 0.193 e. The number of rotatable bonds is 5. The highest BCUT2D eigenvalue weighted by Crippen LogP contribution is 2.23. The Bertz CT molecular complexity index is 1000. The minimum atomic E-state index is -3.09. The summed E-state index contributed by atoms with van der Waals surface area (Å²) in [6, 6.07) is 14.0. The summed E-state index contributed by atoms with van der Waals surface area (Å²) >= 11 is 0. The minimum Gasteiger partial charge on any atom is -0.489 e. The van der Waals surface area contributed by atoms with Gasteiger partial charge in [0.05, 0.1) is 10.5 Å². The van der Waals surface area contributed by atoms with Crippen molar-refractivity contribution in [3.8, 4) is 5.75 Å². The van der Waals surface area contributed by atoms with Gasteiger partial charge in [0.2, 0.25) is 0 Å². The lowest BCUT2D eigenvalue weighted by Gasteiger charge is -2.39. The van der Waals surface area contributed by atoms with Crippen molar-refractivity contribution in [1.29, 1.82) is 0 Å². The molecule has 6 nitrogen and oxygen atoms in total. The quantitative estimate of drug-likeness (QED) is 0.580. The fraction of sp³-hybridized carbons (Fsp3) is 0.409. The van der Waals surface area contributed by atoms with E-state index in [1.165, 1.54) is 12.1 Å². The summed E-state index contributed by atoms with van der Waals surface area (Å²) in [5.41, 5.74) is 1.81. The van der Waals surface area contributed by atoms with Crippen LogP contribution in [0.15, 0.2) is 53.5 Å². The third-order valence-corrected chi connectivity index (χ3v) is 7.76. The maximum Gasteiger partial charge on any atom is 0.193 e. The first kappa shape index (κ1) is 22.1. The molecule has 0 aromatic heterocycles. The Kier molecular flexibility index (Phi) is 6.65. The van der Waals surface area contributed by atoms with E-state index in [1.54, 1.807) is 27.0 Å². The van der Waals surface area contributed by atoms with E-state index < -0.39 is 14.6 Å². The van der Waals surface area contributed by atoms with E-state index in [1.807, 2.05) is 35.2 Å². The van der Waals surface area contributed by atoms with Gasteiger partial charge >= 0.3 is 0 Å². The average Bonchev–Trinajstić information content (AvgIpc) is 2.70. The molecular weight excluding hydrogens is 405 g/mol. The maximum absolute atomic E-state index is 13.2. The van der Waals surface area contributed by atoms with Crippen LogP contribution in [0, 0.1) is 5.82 Å². The highest BCUT2D eigenvalue weighted by Gasteiger charge is 2.40. The zero-order chi connectivity index (χ0) is 21.8. The van der Waals surface area contributed by atoms with E-state index in [9.17, 15) is 12.8 Å². The SMILES string of the molecule is CN=C(NCc1ccc(OCc2cccc(F)c2)cc1)N1CCS(=O)(=O)C(C)(C)C1. The second kappa shape index (κ2) is 9.04. The van der Waals surface area contributed by atoms with E-state index in [-0.39, 0.29) is 11.6 Å². The van der Waals surface area contributed by atoms with Crippen LogP contribution >= 0.6 is 0 Å². The molecular formula is C22H28FN3O3S. The number of halogens is 1. The van der Waals surface area contributed by atoms with Gasteiger partial charge in [0.15, 0.2) is 15.8 Å². The molecule has 2 aromatic carbocycles. The number of nitrogens with zero attached hydrogens (tertiary/aromatic N) is 2. The molecule has 0 unspecified atom stereocenters. The van der Waals surface area contributed by atoms with Crippen molar-refractivity contribution in [2.45, 2.75) is 31.7 Å². The van der Waals surface area contributed by atoms with Crippen LogP contribution in [0.1, 0.15) is 25.0 Å². The number of ether oxygens (including phenoxy) is 1. The van der Waals surface area contributed by atoms with Gasteiger partial charge < -0.3 is 15.0 Å². The van der Waals surface area contributed by atoms with Gasteiger partial charge in [-0.25, -0.2) is 12.8 Å². The Balaban J connectivity index is 1.54. The van der Waals surface area contributed by atoms with E-state index >= 15 is 0 Å². The molecule has 1 saturated heterocycles. The van der Waals surface area contributed by atoms with Crippen LogP contribution in [0.5, 0.6) is 5.75 Å². The molecule has 30 heavy (non-hydrogen) atoms. The van der Waals surface area contributed by atoms with Crippen LogP contribution in [0.4, 0.5) is 4.39 Å². The molecule has 0 saturated carbocycles. The zero-order valence-corrected chi connectivity index (χ0v) is 18.4. The second-order valence-corrected chi connectivity index (χ2v) is 10.7. The number of sulfone groups is 1. The first-order valence-corrected chi connectivity index (χ1v) is 11.5. The maximum atomic E-state index is 13.2. The molecule has 8 heteroatoms. The third-order valence-electron chi connectivity index (χ3n) is 5.22. The van der Waals surface area contributed by atoms with Gasteiger partial charge in [0, 0.05) is 26.7 Å². The highest BCUT2D eigenvalue weighted by molar-refractivity contribution is 7.92. The average molecular weight is 434 g/mol. The zero-order valence-electron chi connectivity index (χ0n) is 17.6. The van der Waals surface area contributed by atoms with Crippen molar-refractivity contribution in [2.24, 2.45) is 4.99 Å². The third kappa shape index (κ3) is 5.30. The van der Waals surface area contributed by atoms with E-state index in [2.05, 4.69) is 10.3 Å². The monoisotopic (exact) mass is 433 g/mol. The fourth-order valence-electron chi connectivity index (χ4n) is 3.33. The largest absolute Gasteiger partial charge is 0.489 e. The van der Waals surface area contributed by atoms with Crippen LogP contribution < -0.4 is 10.1 Å². The molecule has 0 radical (unpaired) electrons. The lowest BCUT2D eigenvalue weighted by Crippen LogP contribution is -2.57. The van der Waals surface area contributed by atoms with Gasteiger partial charge in [-0.05, 0) is 49.2 Å². The Morgan fingerprint density at radius 1 is 1.20 bits per heavy atom. The van der Waals surface area contributed by atoms with Crippen LogP contribution in [-0.4, -0.2) is 49.9 Å². The van der Waals surface area contributed by atoms with E-state index in [0.29, 0.717) is 38.0 Å². The summed E-state index contributed by atoms with van der Waals surface area (Å²) in [5, 5.41) is 3.30. The molecule has 1 N–H and O–H groups in total. The van der Waals surface area contributed by atoms with Crippen molar-refractivity contribution in [1.82, 2.24) is 10.2 Å². The number of hydrogen-bond donors (Lipinski definition) is 1. The molecule has 3 rings (SSSR count). The van der Waals surface area contributed by atoms with Crippen LogP contribution in [0.25, 0.3) is 0 Å². The van der Waals surface area contributed by atoms with E-state index in [4.69, 9.17) is 4.74 Å². The summed E-state index contributed by atoms with van der Waals surface area (Å²) in [6.45, 7) is 5.20. The van der Waals surface area contributed by atoms with Crippen molar-refractivity contribution in [2.75, 3.05) is 25.9 Å². The number of aliphatic imine (C=N–C) groups is 1. The first-order chi connectivity index (χ1) is 14.2. The van der Waals surface area contributed by atoms with Crippen LogP contribution in [0.2, 0.25) is 0 Å². The molecule has 2 aromatic rings. The summed E-state index contributed by atoms with van der Waals surface area (Å²) in [5.74, 6) is 1.23. The summed E-state index contributed by atoms with van der Waals surface area (Å²) in [6.07, 6.45) is 0. The number of benzene rings is 2. The number of hydrogen-bond acceptors (Lipinski definition) is 4. The van der Waals surface area contributed by atoms with Gasteiger partial charge in [-0.3, -0.25) is 4.99 Å². The minimum absolute atomic E-state index is 0.123. The Hall–Kier alpha value is -2.61. The molecule has 1 fully saturated rings. The molecule has 162 valence electrons. The first-order valence-electron chi connectivity index (χ1n) is 9.84. The summed E-state index contributed by atoms with van der Waals surface area (Å²) in [7, 11) is -1.40. The van der Waals surface area contributed by atoms with Crippen molar-refractivity contribution in [3.05, 3.63) is 65.5 Å². The second-order valence-electron chi connectivity index (χ2n) is 7.96. The van der Waals surface area contributed by atoms with Gasteiger partial charge in [-0.2, -0.15) is 0 Å². The summed E-state index contributed by atoms with van der Waals surface area (Å²) < 4.78 is 42.6. The van der Waals surface area contributed by atoms with Crippen molar-refractivity contribution >= 4 is 15.8 Å². The fourth-order valence-corrected chi connectivity index (χ4v) is 4.70. The van der Waals surface area contributed by atoms with Gasteiger partial charge in [-0.15, -0.1) is 0 Å². The molecule has 1 heterocycles. The molecule has 0 bridgehead atoms. The summed E-state index contributed by atoms with van der Waals surface area (Å²) in [4.78, 5) is 6.29. The standard InChI is InChI=1S/C22H28FN3O3S/c1-22(2)16-26(11-12-30(22,27)28)21(24-3)25-14-17-7-9-20(10-8-17)29-15-18-5-4-6-19(23)13-18/h4-10,13H,11-12,14-16H2,1-3H3,(H,24,25). The van der Waals surface area contributed by atoms with Gasteiger partial charge in [0.25, 0.3) is 0 Å². The predicted octanol–water partition coefficient (Wildman–Crippen LogP) is 2.99. The predicted molar refractivity (Wildman–Crippen MR) is 117 cm³/mol. The van der Waals surface area contributed by atoms with E-state index in [0.717, 1.165) is 11.1 Å². The molecule has 0 spiro atoms. The van der Waals surface area contributed by atoms with Gasteiger partial charge in [0.1, 0.15) is 18.2 Å². The molecule has 0 amide bonds. The molecule has 1 aliphatic rings. The Labute approximate surface area is 177 Å². The normalized spacial score (nSPS) is 18.1. The van der Waals surface area contributed by atoms with Crippen molar-refractivity contribution in [3.63, 3.8) is 0 Å². The lowest BCUT2D eigenvalue weighted by molar-refractivity contribution is 0.305. The van der Waals surface area contributed by atoms with Crippen LogP contribution in [-0.2, 0) is 23.0 Å². The topological polar surface area (TPSA) is 71.0 Å². The number of guanidine groups is 1. The van der Waals surface area contributed by atoms with Crippen molar-refractivity contribution < 1.29 is 17.5 Å².